The molecule has 2 unspecified atom stereocenters. The first-order chi connectivity index (χ1) is 9.56. The smallest absolute Gasteiger partial charge is 0.123 e. The number of hydrogen-bond donors (Lipinski definition) is 0. The Kier molecular flexibility index (Phi) is 3.78. The molecule has 0 fully saturated rings. The van der Waals surface area contributed by atoms with Crippen LogP contribution >= 0.6 is 27.5 Å². The lowest BCUT2D eigenvalue weighted by atomic mass is 9.98. The molecule has 0 spiro atoms. The van der Waals surface area contributed by atoms with Crippen molar-refractivity contribution in [2.45, 2.75) is 31.2 Å². The fourth-order valence-electron chi connectivity index (χ4n) is 2.68. The van der Waals surface area contributed by atoms with Gasteiger partial charge in [0, 0.05) is 11.4 Å². The topological polar surface area (TPSA) is 9.23 Å². The molecule has 0 saturated heterocycles. The highest BCUT2D eigenvalue weighted by molar-refractivity contribution is 9.09. The molecule has 2 aromatic rings. The Hall–Kier alpha value is -0.990. The zero-order valence-electron chi connectivity index (χ0n) is 11.5. The molecule has 0 aliphatic carbocycles. The van der Waals surface area contributed by atoms with Crippen LogP contribution in [-0.4, -0.2) is 6.10 Å². The van der Waals surface area contributed by atoms with Gasteiger partial charge in [-0.1, -0.05) is 51.8 Å². The summed E-state index contributed by atoms with van der Waals surface area (Å²) in [6, 6.07) is 12.5. The van der Waals surface area contributed by atoms with Gasteiger partial charge in [-0.15, -0.1) is 0 Å². The van der Waals surface area contributed by atoms with Crippen molar-refractivity contribution in [2.75, 3.05) is 0 Å². The third kappa shape index (κ3) is 2.47. The third-order valence-corrected chi connectivity index (χ3v) is 5.23. The molecular formula is C17H16BrClO. The molecule has 104 valence electrons. The van der Waals surface area contributed by atoms with Crippen LogP contribution in [0.15, 0.2) is 36.4 Å². The number of benzene rings is 2. The van der Waals surface area contributed by atoms with Crippen LogP contribution in [0.1, 0.15) is 34.0 Å². The Morgan fingerprint density at radius 2 is 2.10 bits per heavy atom. The lowest BCUT2D eigenvalue weighted by Gasteiger charge is -2.15. The molecule has 3 rings (SSSR count). The van der Waals surface area contributed by atoms with E-state index in [1.54, 1.807) is 0 Å². The molecule has 1 nitrogen and oxygen atoms in total. The maximum absolute atomic E-state index is 6.22. The van der Waals surface area contributed by atoms with Gasteiger partial charge >= 0.3 is 0 Å². The Morgan fingerprint density at radius 3 is 2.90 bits per heavy atom. The van der Waals surface area contributed by atoms with Crippen molar-refractivity contribution in [2.24, 2.45) is 0 Å². The molecule has 0 radical (unpaired) electrons. The monoisotopic (exact) mass is 350 g/mol. The van der Waals surface area contributed by atoms with Crippen molar-refractivity contribution in [1.29, 1.82) is 0 Å². The first-order valence-corrected chi connectivity index (χ1v) is 8.04. The molecule has 0 amide bonds. The molecule has 0 N–H and O–H groups in total. The van der Waals surface area contributed by atoms with Crippen LogP contribution in [0, 0.1) is 6.92 Å². The van der Waals surface area contributed by atoms with Gasteiger partial charge in [-0.2, -0.15) is 0 Å². The van der Waals surface area contributed by atoms with Crippen LogP contribution < -0.4 is 4.74 Å². The normalized spacial score (nSPS) is 18.5. The highest BCUT2D eigenvalue weighted by atomic mass is 79.9. The minimum Gasteiger partial charge on any atom is -0.490 e. The van der Waals surface area contributed by atoms with Crippen molar-refractivity contribution in [3.05, 3.63) is 63.7 Å². The van der Waals surface area contributed by atoms with Crippen molar-refractivity contribution >= 4 is 27.5 Å². The Bertz CT molecular complexity index is 653. The van der Waals surface area contributed by atoms with E-state index in [0.29, 0.717) is 0 Å². The molecule has 0 aromatic heterocycles. The number of rotatable bonds is 2. The van der Waals surface area contributed by atoms with E-state index in [2.05, 4.69) is 54.0 Å². The number of fused-ring (bicyclic) bond motifs is 1. The van der Waals surface area contributed by atoms with Gasteiger partial charge in [0.25, 0.3) is 0 Å². The Morgan fingerprint density at radius 1 is 1.30 bits per heavy atom. The fourth-order valence-corrected chi connectivity index (χ4v) is 3.64. The van der Waals surface area contributed by atoms with Crippen LogP contribution in [-0.2, 0) is 6.42 Å². The molecule has 0 bridgehead atoms. The summed E-state index contributed by atoms with van der Waals surface area (Å²) in [6.07, 6.45) is 1.26. The maximum atomic E-state index is 6.22. The molecule has 2 atom stereocenters. The number of hydrogen-bond acceptors (Lipinski definition) is 1. The predicted molar refractivity (Wildman–Crippen MR) is 87.2 cm³/mol. The van der Waals surface area contributed by atoms with Gasteiger partial charge in [0.2, 0.25) is 0 Å². The van der Waals surface area contributed by atoms with Crippen LogP contribution in [0.2, 0.25) is 5.02 Å². The second kappa shape index (κ2) is 5.42. The van der Waals surface area contributed by atoms with E-state index in [9.17, 15) is 0 Å². The molecule has 3 heteroatoms. The second-order valence-corrected chi connectivity index (χ2v) is 6.64. The SMILES string of the molecule is Cc1c(Cl)cccc1C(Br)c1ccc2c(c1)CC(C)O2. The van der Waals surface area contributed by atoms with E-state index in [4.69, 9.17) is 16.3 Å². The van der Waals surface area contributed by atoms with Crippen molar-refractivity contribution < 1.29 is 4.74 Å². The summed E-state index contributed by atoms with van der Waals surface area (Å²) >= 11 is 10.0. The average Bonchev–Trinajstić information content (AvgIpc) is 2.80. The summed E-state index contributed by atoms with van der Waals surface area (Å²) in [5.74, 6) is 1.02. The van der Waals surface area contributed by atoms with E-state index in [0.717, 1.165) is 22.8 Å². The van der Waals surface area contributed by atoms with Crippen molar-refractivity contribution in [3.8, 4) is 5.75 Å². The Labute approximate surface area is 133 Å². The molecule has 2 aromatic carbocycles. The summed E-state index contributed by atoms with van der Waals surface area (Å²) in [7, 11) is 0. The molecule has 0 saturated carbocycles. The predicted octanol–water partition coefficient (Wildman–Crippen LogP) is 5.46. The zero-order valence-corrected chi connectivity index (χ0v) is 13.8. The summed E-state index contributed by atoms with van der Waals surface area (Å²) in [4.78, 5) is 0.155. The second-order valence-electron chi connectivity index (χ2n) is 5.32. The fraction of sp³-hybridized carbons (Fsp3) is 0.294. The average molecular weight is 352 g/mol. The lowest BCUT2D eigenvalue weighted by Crippen LogP contribution is -2.05. The summed E-state index contributed by atoms with van der Waals surface area (Å²) in [6.45, 7) is 4.16. The van der Waals surface area contributed by atoms with E-state index in [1.807, 2.05) is 12.1 Å². The molecule has 1 aliphatic rings. The van der Waals surface area contributed by atoms with Gasteiger partial charge in [0.15, 0.2) is 0 Å². The third-order valence-electron chi connectivity index (χ3n) is 3.80. The van der Waals surface area contributed by atoms with E-state index in [-0.39, 0.29) is 10.9 Å². The van der Waals surface area contributed by atoms with Gasteiger partial charge in [-0.3, -0.25) is 0 Å². The zero-order chi connectivity index (χ0) is 14.3. The van der Waals surface area contributed by atoms with Gasteiger partial charge < -0.3 is 4.74 Å². The lowest BCUT2D eigenvalue weighted by molar-refractivity contribution is 0.254. The van der Waals surface area contributed by atoms with Crippen LogP contribution in [0.5, 0.6) is 5.75 Å². The first kappa shape index (κ1) is 14.0. The van der Waals surface area contributed by atoms with E-state index >= 15 is 0 Å². The van der Waals surface area contributed by atoms with Crippen LogP contribution in [0.3, 0.4) is 0 Å². The first-order valence-electron chi connectivity index (χ1n) is 6.75. The van der Waals surface area contributed by atoms with Crippen molar-refractivity contribution in [3.63, 3.8) is 0 Å². The highest BCUT2D eigenvalue weighted by Crippen LogP contribution is 2.38. The minimum atomic E-state index is 0.155. The van der Waals surface area contributed by atoms with Crippen LogP contribution in [0.4, 0.5) is 0 Å². The molecule has 1 aliphatic heterocycles. The van der Waals surface area contributed by atoms with E-state index < -0.39 is 0 Å². The minimum absolute atomic E-state index is 0.155. The molecule has 20 heavy (non-hydrogen) atoms. The molecule has 1 heterocycles. The van der Waals surface area contributed by atoms with Crippen molar-refractivity contribution in [1.82, 2.24) is 0 Å². The van der Waals surface area contributed by atoms with Crippen LogP contribution in [0.25, 0.3) is 0 Å². The van der Waals surface area contributed by atoms with Gasteiger partial charge in [-0.05, 0) is 48.2 Å². The number of ether oxygens (including phenoxy) is 1. The summed E-state index contributed by atoms with van der Waals surface area (Å²) in [5, 5.41) is 0.810. The van der Waals surface area contributed by atoms with Gasteiger partial charge in [0.05, 0.1) is 4.83 Å². The number of alkyl halides is 1. The molecular weight excluding hydrogens is 336 g/mol. The number of halogens is 2. The highest BCUT2D eigenvalue weighted by Gasteiger charge is 2.21. The van der Waals surface area contributed by atoms with Gasteiger partial charge in [-0.25, -0.2) is 0 Å². The Balaban J connectivity index is 1.97. The van der Waals surface area contributed by atoms with Gasteiger partial charge in [0.1, 0.15) is 11.9 Å². The quantitative estimate of drug-likeness (QED) is 0.653. The summed E-state index contributed by atoms with van der Waals surface area (Å²) in [5.41, 5.74) is 4.87. The maximum Gasteiger partial charge on any atom is 0.123 e. The standard InChI is InChI=1S/C17H16BrClO/c1-10-8-13-9-12(6-7-16(13)20-10)17(18)14-4-3-5-15(19)11(14)2/h3-7,9-10,17H,8H2,1-2H3. The van der Waals surface area contributed by atoms with E-state index in [1.165, 1.54) is 16.7 Å². The largest absolute Gasteiger partial charge is 0.490 e. The summed E-state index contributed by atoms with van der Waals surface area (Å²) < 4.78 is 5.75.